The number of aromatic nitrogens is 3. The Morgan fingerprint density at radius 2 is 2.04 bits per heavy atom. The molecule has 0 atom stereocenters. The van der Waals surface area contributed by atoms with Crippen molar-refractivity contribution in [1.82, 2.24) is 9.55 Å². The van der Waals surface area contributed by atoms with Gasteiger partial charge in [0.15, 0.2) is 0 Å². The minimum absolute atomic E-state index is 0.0879. The van der Waals surface area contributed by atoms with E-state index in [4.69, 9.17) is 11.6 Å². The van der Waals surface area contributed by atoms with Gasteiger partial charge in [-0.05, 0) is 12.1 Å². The fraction of sp³-hybridized carbons (Fsp3) is 0.133. The van der Waals surface area contributed by atoms with Crippen LogP contribution in [0.5, 0.6) is 5.88 Å². The van der Waals surface area contributed by atoms with Crippen LogP contribution in [0.1, 0.15) is 16.1 Å². The number of hydrogen-bond donors (Lipinski definition) is 1. The van der Waals surface area contributed by atoms with E-state index in [1.165, 1.54) is 30.6 Å². The number of alkyl halides is 3. The number of hydrogen-bond acceptors (Lipinski definition) is 3. The number of Topliss-reactive ketones (excluding diaryl/α,β-unsaturated/α-hetero) is 1. The molecule has 0 aliphatic heterocycles. The van der Waals surface area contributed by atoms with Crippen molar-refractivity contribution in [2.24, 2.45) is 0 Å². The summed E-state index contributed by atoms with van der Waals surface area (Å²) in [5.74, 6) is -2.89. The number of aromatic hydroxyl groups is 1. The van der Waals surface area contributed by atoms with Crippen molar-refractivity contribution in [3.05, 3.63) is 59.1 Å². The van der Waals surface area contributed by atoms with E-state index in [0.29, 0.717) is 5.56 Å². The predicted molar refractivity (Wildman–Crippen MR) is 78.0 cm³/mol. The van der Waals surface area contributed by atoms with Crippen LogP contribution in [0.3, 0.4) is 0 Å². The number of carbonyl (C=O) groups is 1. The third kappa shape index (κ3) is 2.80. The van der Waals surface area contributed by atoms with Crippen LogP contribution in [-0.4, -0.2) is 26.6 Å². The number of imidazole rings is 1. The second-order valence-corrected chi connectivity index (χ2v) is 5.39. The zero-order valence-corrected chi connectivity index (χ0v) is 12.7. The van der Waals surface area contributed by atoms with Gasteiger partial charge in [-0.1, -0.05) is 23.7 Å². The average molecular weight is 357 g/mol. The Bertz CT molecular complexity index is 920. The molecule has 3 heterocycles. The fourth-order valence-corrected chi connectivity index (χ4v) is 2.50. The van der Waals surface area contributed by atoms with Gasteiger partial charge in [-0.15, -0.1) is 0 Å². The Labute approximate surface area is 138 Å². The number of pyridine rings is 2. The lowest BCUT2D eigenvalue weighted by Gasteiger charge is -2.05. The Balaban J connectivity index is 2.20. The van der Waals surface area contributed by atoms with Gasteiger partial charge in [-0.25, -0.2) is 9.55 Å². The average Bonchev–Trinajstić information content (AvgIpc) is 2.81. The van der Waals surface area contributed by atoms with Gasteiger partial charge in [-0.2, -0.15) is 17.6 Å². The standard InChI is InChI=1S/C15H9ClF3N3O2/c16-10-5-4-9(7-20-10)8-22-11-3-1-2-6-21(11)14(24)12(22)13(23)15(17,18)19/h1-7H,8H2/p+1. The molecule has 0 spiro atoms. The molecule has 0 fully saturated rings. The Hall–Kier alpha value is -2.61. The van der Waals surface area contributed by atoms with Crippen LogP contribution in [0, 0.1) is 0 Å². The molecule has 0 radical (unpaired) electrons. The van der Waals surface area contributed by atoms with E-state index in [2.05, 4.69) is 4.98 Å². The first-order valence-electron chi connectivity index (χ1n) is 6.73. The molecule has 5 nitrogen and oxygen atoms in total. The number of halogens is 4. The van der Waals surface area contributed by atoms with Gasteiger partial charge in [0.2, 0.25) is 0 Å². The number of rotatable bonds is 3. The van der Waals surface area contributed by atoms with E-state index < -0.39 is 23.5 Å². The lowest BCUT2D eigenvalue weighted by Crippen LogP contribution is -2.26. The zero-order chi connectivity index (χ0) is 17.5. The molecule has 0 amide bonds. The fourth-order valence-electron chi connectivity index (χ4n) is 2.38. The minimum atomic E-state index is -5.11. The van der Waals surface area contributed by atoms with Crippen LogP contribution >= 0.6 is 11.6 Å². The minimum Gasteiger partial charge on any atom is -0.474 e. The maximum Gasteiger partial charge on any atom is 0.459 e. The molecule has 0 bridgehead atoms. The second-order valence-electron chi connectivity index (χ2n) is 5.00. The molecule has 0 saturated heterocycles. The van der Waals surface area contributed by atoms with E-state index in [-0.39, 0.29) is 17.3 Å². The van der Waals surface area contributed by atoms with Crippen molar-refractivity contribution in [2.75, 3.05) is 0 Å². The number of carbonyl (C=O) groups excluding carboxylic acids is 1. The van der Waals surface area contributed by atoms with Crippen LogP contribution in [0.25, 0.3) is 5.65 Å². The summed E-state index contributed by atoms with van der Waals surface area (Å²) in [5.41, 5.74) is -0.0711. The first kappa shape index (κ1) is 16.3. The highest BCUT2D eigenvalue weighted by Gasteiger charge is 2.47. The van der Waals surface area contributed by atoms with Crippen molar-refractivity contribution >= 4 is 23.0 Å². The van der Waals surface area contributed by atoms with E-state index >= 15 is 0 Å². The highest BCUT2D eigenvalue weighted by molar-refractivity contribution is 6.29. The molecule has 3 rings (SSSR count). The Morgan fingerprint density at radius 1 is 1.29 bits per heavy atom. The lowest BCUT2D eigenvalue weighted by atomic mass is 10.2. The molecule has 0 saturated carbocycles. The van der Waals surface area contributed by atoms with Crippen LogP contribution in [0.4, 0.5) is 13.2 Å². The summed E-state index contributed by atoms with van der Waals surface area (Å²) in [6.07, 6.45) is -2.35. The molecule has 0 aromatic carbocycles. The number of ketones is 1. The van der Waals surface area contributed by atoms with Crippen molar-refractivity contribution in [3.8, 4) is 5.88 Å². The monoisotopic (exact) mass is 356 g/mol. The quantitative estimate of drug-likeness (QED) is 0.446. The molecule has 3 aromatic heterocycles. The normalized spacial score (nSPS) is 11.8. The maximum atomic E-state index is 12.9. The smallest absolute Gasteiger partial charge is 0.459 e. The van der Waals surface area contributed by atoms with Crippen LogP contribution in [0.15, 0.2) is 42.7 Å². The van der Waals surface area contributed by atoms with Crippen molar-refractivity contribution < 1.29 is 27.5 Å². The van der Waals surface area contributed by atoms with Gasteiger partial charge >= 0.3 is 17.8 Å². The predicted octanol–water partition coefficient (Wildman–Crippen LogP) is 2.77. The van der Waals surface area contributed by atoms with E-state index in [1.54, 1.807) is 12.1 Å². The van der Waals surface area contributed by atoms with Gasteiger partial charge in [-0.3, -0.25) is 4.79 Å². The third-order valence-electron chi connectivity index (χ3n) is 3.43. The first-order valence-corrected chi connectivity index (χ1v) is 7.10. The highest BCUT2D eigenvalue weighted by atomic mass is 35.5. The first-order chi connectivity index (χ1) is 11.3. The van der Waals surface area contributed by atoms with Crippen molar-refractivity contribution in [1.29, 1.82) is 0 Å². The second kappa shape index (κ2) is 5.79. The zero-order valence-electron chi connectivity index (χ0n) is 12.0. The van der Waals surface area contributed by atoms with Crippen LogP contribution in [-0.2, 0) is 6.54 Å². The molecular formula is C15H10ClF3N3O2+. The molecular weight excluding hydrogens is 347 g/mol. The summed E-state index contributed by atoms with van der Waals surface area (Å²) in [5, 5.41) is 10.3. The molecule has 1 N–H and O–H groups in total. The molecule has 0 aliphatic carbocycles. The van der Waals surface area contributed by atoms with Gasteiger partial charge in [0, 0.05) is 17.8 Å². The Morgan fingerprint density at radius 3 is 2.67 bits per heavy atom. The largest absolute Gasteiger partial charge is 0.474 e. The molecule has 0 unspecified atom stereocenters. The summed E-state index contributed by atoms with van der Waals surface area (Å²) in [7, 11) is 0. The highest BCUT2D eigenvalue weighted by Crippen LogP contribution is 2.27. The topological polar surface area (TPSA) is 59.2 Å². The maximum absolute atomic E-state index is 12.9. The summed E-state index contributed by atoms with van der Waals surface area (Å²) in [6, 6.07) is 7.68. The lowest BCUT2D eigenvalue weighted by molar-refractivity contribution is -0.521. The SMILES string of the molecule is O=C(c1c(O)[n+]2ccccc2n1Cc1ccc(Cl)nc1)C(F)(F)F. The summed E-state index contributed by atoms with van der Waals surface area (Å²) >= 11 is 5.69. The molecule has 9 heteroatoms. The third-order valence-corrected chi connectivity index (χ3v) is 3.65. The molecule has 3 aromatic rings. The number of nitrogens with zero attached hydrogens (tertiary/aromatic N) is 3. The van der Waals surface area contributed by atoms with Gasteiger partial charge < -0.3 is 5.11 Å². The van der Waals surface area contributed by atoms with Crippen molar-refractivity contribution in [3.63, 3.8) is 0 Å². The summed E-state index contributed by atoms with van der Waals surface area (Å²) < 4.78 is 40.9. The molecule has 24 heavy (non-hydrogen) atoms. The van der Waals surface area contributed by atoms with E-state index in [0.717, 1.165) is 8.97 Å². The van der Waals surface area contributed by atoms with Crippen LogP contribution < -0.4 is 4.40 Å². The summed E-state index contributed by atoms with van der Waals surface area (Å²) in [6.45, 7) is -0.0879. The number of fused-ring (bicyclic) bond motifs is 1. The van der Waals surface area contributed by atoms with E-state index in [9.17, 15) is 23.1 Å². The Kier molecular flexibility index (Phi) is 3.92. The van der Waals surface area contributed by atoms with Gasteiger partial charge in [0.05, 0.1) is 6.20 Å². The van der Waals surface area contributed by atoms with Crippen molar-refractivity contribution in [2.45, 2.75) is 12.7 Å². The summed E-state index contributed by atoms with van der Waals surface area (Å²) in [4.78, 5) is 15.6. The van der Waals surface area contributed by atoms with Crippen LogP contribution in [0.2, 0.25) is 5.15 Å². The molecule has 0 aliphatic rings. The van der Waals surface area contributed by atoms with Gasteiger partial charge in [0.1, 0.15) is 11.7 Å². The van der Waals surface area contributed by atoms with Gasteiger partial charge in [0.25, 0.3) is 11.3 Å². The molecule has 124 valence electrons. The van der Waals surface area contributed by atoms with E-state index in [1.807, 2.05) is 0 Å².